The van der Waals surface area contributed by atoms with Gasteiger partial charge in [-0.15, -0.1) is 6.42 Å². The number of carbonyl (C=O) groups excluding carboxylic acids is 2. The van der Waals surface area contributed by atoms with Crippen LogP contribution in [0.1, 0.15) is 13.8 Å². The van der Waals surface area contributed by atoms with Crippen molar-refractivity contribution in [2.24, 2.45) is 5.92 Å². The quantitative estimate of drug-likeness (QED) is 0.359. The van der Waals surface area contributed by atoms with E-state index in [0.29, 0.717) is 0 Å². The molecule has 0 aromatic heterocycles. The molecule has 0 rings (SSSR count). The van der Waals surface area contributed by atoms with Crippen LogP contribution in [-0.2, 0) is 19.1 Å². The zero-order valence-corrected chi connectivity index (χ0v) is 7.70. The lowest BCUT2D eigenvalue weighted by Crippen LogP contribution is -2.26. The summed E-state index contributed by atoms with van der Waals surface area (Å²) in [5, 5.41) is 0. The topological polar surface area (TPSA) is 52.6 Å². The first-order chi connectivity index (χ1) is 6.17. The second-order valence-electron chi connectivity index (χ2n) is 2.10. The van der Waals surface area contributed by atoms with Crippen LogP contribution in [0.3, 0.4) is 0 Å². The van der Waals surface area contributed by atoms with Crippen molar-refractivity contribution in [2.75, 3.05) is 13.2 Å². The van der Waals surface area contributed by atoms with Crippen LogP contribution in [0.5, 0.6) is 0 Å². The molecule has 0 aliphatic heterocycles. The van der Waals surface area contributed by atoms with Crippen LogP contribution in [0.15, 0.2) is 0 Å². The lowest BCUT2D eigenvalue weighted by molar-refractivity contribution is -0.158. The van der Waals surface area contributed by atoms with Crippen molar-refractivity contribution in [2.45, 2.75) is 13.8 Å². The predicted molar refractivity (Wildman–Crippen MR) is 45.6 cm³/mol. The number of esters is 2. The van der Waals surface area contributed by atoms with E-state index in [9.17, 15) is 9.59 Å². The van der Waals surface area contributed by atoms with Crippen molar-refractivity contribution in [3.8, 4) is 12.3 Å². The highest BCUT2D eigenvalue weighted by atomic mass is 16.6. The fourth-order valence-electron chi connectivity index (χ4n) is 0.683. The Kier molecular flexibility index (Phi) is 5.37. The van der Waals surface area contributed by atoms with E-state index in [-0.39, 0.29) is 13.2 Å². The third-order valence-electron chi connectivity index (χ3n) is 1.21. The Morgan fingerprint density at radius 3 is 1.85 bits per heavy atom. The van der Waals surface area contributed by atoms with E-state index < -0.39 is 17.9 Å². The largest absolute Gasteiger partial charge is 0.465 e. The molecule has 0 saturated heterocycles. The molecule has 0 fully saturated rings. The van der Waals surface area contributed by atoms with Crippen molar-refractivity contribution in [1.82, 2.24) is 0 Å². The summed E-state index contributed by atoms with van der Waals surface area (Å²) in [5.74, 6) is -0.680. The highest BCUT2D eigenvalue weighted by Crippen LogP contribution is 2.01. The van der Waals surface area contributed by atoms with Crippen molar-refractivity contribution in [1.29, 1.82) is 0 Å². The molecule has 0 unspecified atom stereocenters. The second-order valence-corrected chi connectivity index (χ2v) is 2.10. The maximum absolute atomic E-state index is 11.0. The zero-order valence-electron chi connectivity index (χ0n) is 7.70. The maximum atomic E-state index is 11.0. The third kappa shape index (κ3) is 3.61. The van der Waals surface area contributed by atoms with Crippen LogP contribution < -0.4 is 0 Å². The van der Waals surface area contributed by atoms with Gasteiger partial charge in [-0.2, -0.15) is 0 Å². The fraction of sp³-hybridized carbons (Fsp3) is 0.556. The van der Waals surface area contributed by atoms with Gasteiger partial charge in [-0.25, -0.2) is 0 Å². The molecule has 0 aliphatic carbocycles. The lowest BCUT2D eigenvalue weighted by atomic mass is 10.2. The van der Waals surface area contributed by atoms with Crippen LogP contribution in [0, 0.1) is 18.3 Å². The Labute approximate surface area is 77.2 Å². The van der Waals surface area contributed by atoms with Gasteiger partial charge in [0.1, 0.15) is 0 Å². The Hall–Kier alpha value is -1.50. The standard InChI is InChI=1S/C9H12O4/c1-4-7(8(10)12-5-2)9(11)13-6-3/h1,7H,5-6H2,2-3H3. The summed E-state index contributed by atoms with van der Waals surface area (Å²) < 4.78 is 9.16. The first-order valence-corrected chi connectivity index (χ1v) is 3.96. The summed E-state index contributed by atoms with van der Waals surface area (Å²) in [5.41, 5.74) is 0. The number of ether oxygens (including phenoxy) is 2. The molecule has 4 heteroatoms. The summed E-state index contributed by atoms with van der Waals surface area (Å²) in [6.07, 6.45) is 4.98. The van der Waals surface area contributed by atoms with Gasteiger partial charge >= 0.3 is 11.9 Å². The van der Waals surface area contributed by atoms with Gasteiger partial charge in [-0.3, -0.25) is 9.59 Å². The smallest absolute Gasteiger partial charge is 0.332 e. The fourth-order valence-corrected chi connectivity index (χ4v) is 0.683. The first kappa shape index (κ1) is 11.5. The van der Waals surface area contributed by atoms with Crippen LogP contribution in [0.4, 0.5) is 0 Å². The van der Waals surface area contributed by atoms with Gasteiger partial charge in [0.15, 0.2) is 0 Å². The van der Waals surface area contributed by atoms with E-state index in [1.54, 1.807) is 13.8 Å². The van der Waals surface area contributed by atoms with Gasteiger partial charge in [0.25, 0.3) is 0 Å². The van der Waals surface area contributed by atoms with E-state index in [1.165, 1.54) is 0 Å². The van der Waals surface area contributed by atoms with Crippen LogP contribution in [0.25, 0.3) is 0 Å². The van der Waals surface area contributed by atoms with Gasteiger partial charge < -0.3 is 9.47 Å². The molecule has 0 N–H and O–H groups in total. The first-order valence-electron chi connectivity index (χ1n) is 3.96. The monoisotopic (exact) mass is 184 g/mol. The second kappa shape index (κ2) is 6.06. The molecule has 0 radical (unpaired) electrons. The summed E-state index contributed by atoms with van der Waals surface area (Å²) in [7, 11) is 0. The summed E-state index contributed by atoms with van der Waals surface area (Å²) >= 11 is 0. The summed E-state index contributed by atoms with van der Waals surface area (Å²) in [6.45, 7) is 3.65. The molecule has 0 heterocycles. The minimum Gasteiger partial charge on any atom is -0.465 e. The molecule has 0 amide bonds. The Morgan fingerprint density at radius 1 is 1.23 bits per heavy atom. The molecule has 13 heavy (non-hydrogen) atoms. The average molecular weight is 184 g/mol. The highest BCUT2D eigenvalue weighted by molar-refractivity contribution is 5.98. The minimum atomic E-state index is -1.24. The van der Waals surface area contributed by atoms with E-state index in [0.717, 1.165) is 0 Å². The zero-order chi connectivity index (χ0) is 10.3. The predicted octanol–water partition coefficient (Wildman–Crippen LogP) is 0.362. The normalized spacial score (nSPS) is 9.08. The van der Waals surface area contributed by atoms with Crippen LogP contribution in [0.2, 0.25) is 0 Å². The van der Waals surface area contributed by atoms with Gasteiger partial charge in [0.2, 0.25) is 5.92 Å². The summed E-state index contributed by atoms with van der Waals surface area (Å²) in [4.78, 5) is 22.1. The van der Waals surface area contributed by atoms with Crippen LogP contribution in [-0.4, -0.2) is 25.2 Å². The number of hydrogen-bond acceptors (Lipinski definition) is 4. The van der Waals surface area contributed by atoms with Gasteiger partial charge in [0.05, 0.1) is 13.2 Å². The Balaban J connectivity index is 4.26. The molecular formula is C9H12O4. The molecule has 0 aromatic rings. The molecule has 0 atom stereocenters. The van der Waals surface area contributed by atoms with Gasteiger partial charge in [-0.05, 0) is 13.8 Å². The molecule has 0 aromatic carbocycles. The average Bonchev–Trinajstić information content (AvgIpc) is 2.06. The molecule has 0 bridgehead atoms. The summed E-state index contributed by atoms with van der Waals surface area (Å²) in [6, 6.07) is 0. The molecule has 4 nitrogen and oxygen atoms in total. The van der Waals surface area contributed by atoms with Gasteiger partial charge in [0, 0.05) is 0 Å². The van der Waals surface area contributed by atoms with Crippen molar-refractivity contribution in [3.63, 3.8) is 0 Å². The van der Waals surface area contributed by atoms with E-state index in [4.69, 9.17) is 6.42 Å². The van der Waals surface area contributed by atoms with Crippen molar-refractivity contribution < 1.29 is 19.1 Å². The van der Waals surface area contributed by atoms with Crippen LogP contribution >= 0.6 is 0 Å². The van der Waals surface area contributed by atoms with E-state index in [2.05, 4.69) is 9.47 Å². The number of rotatable bonds is 4. The highest BCUT2D eigenvalue weighted by Gasteiger charge is 2.26. The number of terminal acetylenes is 1. The third-order valence-corrected chi connectivity index (χ3v) is 1.21. The minimum absolute atomic E-state index is 0.191. The maximum Gasteiger partial charge on any atom is 0.332 e. The molecule has 0 saturated carbocycles. The van der Waals surface area contributed by atoms with Crippen molar-refractivity contribution >= 4 is 11.9 Å². The molecular weight excluding hydrogens is 172 g/mol. The molecule has 0 spiro atoms. The van der Waals surface area contributed by atoms with Crippen molar-refractivity contribution in [3.05, 3.63) is 0 Å². The Morgan fingerprint density at radius 2 is 1.62 bits per heavy atom. The molecule has 0 aliphatic rings. The SMILES string of the molecule is C#CC(C(=O)OCC)C(=O)OCC. The number of carbonyl (C=O) groups is 2. The van der Waals surface area contributed by atoms with E-state index in [1.807, 2.05) is 5.92 Å². The molecule has 72 valence electrons. The number of hydrogen-bond donors (Lipinski definition) is 0. The Bertz CT molecular complexity index is 208. The van der Waals surface area contributed by atoms with Gasteiger partial charge in [-0.1, -0.05) is 5.92 Å². The van der Waals surface area contributed by atoms with E-state index >= 15 is 0 Å². The lowest BCUT2D eigenvalue weighted by Gasteiger charge is -2.07.